The van der Waals surface area contributed by atoms with E-state index in [-0.39, 0.29) is 17.4 Å². The molecule has 5 rings (SSSR count). The number of likely N-dealkylation sites (tertiary alicyclic amines) is 2. The molecule has 1 aromatic carbocycles. The van der Waals surface area contributed by atoms with E-state index in [2.05, 4.69) is 35.1 Å². The van der Waals surface area contributed by atoms with Gasteiger partial charge in [-0.15, -0.1) is 0 Å². The number of carbonyl (C=O) groups excluding carboxylic acids is 2. The fourth-order valence-corrected chi connectivity index (χ4v) is 6.39. The van der Waals surface area contributed by atoms with Crippen LogP contribution in [0.25, 0.3) is 0 Å². The van der Waals surface area contributed by atoms with Crippen molar-refractivity contribution in [2.75, 3.05) is 19.6 Å². The van der Waals surface area contributed by atoms with Crippen LogP contribution in [0.3, 0.4) is 0 Å². The van der Waals surface area contributed by atoms with Crippen LogP contribution < -0.4 is 0 Å². The second-order valence-corrected chi connectivity index (χ2v) is 10.5. The maximum atomic E-state index is 12.9. The number of aryl methyl sites for hydroxylation is 1. The Kier molecular flexibility index (Phi) is 6.12. The standard InChI is InChI=1S/C27H36N4O2/c1-20-16-22(18-24(17-20)23-6-3-4-7-23)19-30-12-5-9-27(30)10-14-29(15-11-27)26(33)31-13-8-25(28-31)21(2)32/h8,13,16-18,23H,3-7,9-12,14-15,19H2,1-2H3. The first-order valence-corrected chi connectivity index (χ1v) is 12.6. The number of nitrogens with zero attached hydrogens (tertiary/aromatic N) is 4. The molecule has 0 N–H and O–H groups in total. The van der Waals surface area contributed by atoms with E-state index in [0.717, 1.165) is 44.9 Å². The molecule has 6 heteroatoms. The van der Waals surface area contributed by atoms with Gasteiger partial charge in [-0.25, -0.2) is 4.79 Å². The van der Waals surface area contributed by atoms with Gasteiger partial charge >= 0.3 is 6.03 Å². The molecule has 3 heterocycles. The van der Waals surface area contributed by atoms with Crippen molar-refractivity contribution < 1.29 is 9.59 Å². The van der Waals surface area contributed by atoms with Gasteiger partial charge in [-0.3, -0.25) is 9.69 Å². The Balaban J connectivity index is 1.25. The summed E-state index contributed by atoms with van der Waals surface area (Å²) in [5.41, 5.74) is 4.91. The molecule has 33 heavy (non-hydrogen) atoms. The number of piperidine rings is 1. The molecule has 1 aliphatic carbocycles. The number of carbonyl (C=O) groups is 2. The number of rotatable bonds is 4. The highest BCUT2D eigenvalue weighted by atomic mass is 16.2. The van der Waals surface area contributed by atoms with Crippen molar-refractivity contribution in [3.8, 4) is 0 Å². The predicted molar refractivity (Wildman–Crippen MR) is 129 cm³/mol. The lowest BCUT2D eigenvalue weighted by atomic mass is 9.84. The molecular weight excluding hydrogens is 412 g/mol. The molecular formula is C27H36N4O2. The molecule has 6 nitrogen and oxygen atoms in total. The van der Waals surface area contributed by atoms with E-state index >= 15 is 0 Å². The summed E-state index contributed by atoms with van der Waals surface area (Å²) in [6.45, 7) is 7.34. The van der Waals surface area contributed by atoms with E-state index < -0.39 is 0 Å². The second kappa shape index (κ2) is 9.05. The third kappa shape index (κ3) is 4.50. The van der Waals surface area contributed by atoms with Crippen LogP contribution in [0.2, 0.25) is 0 Å². The SMILES string of the molecule is CC(=O)c1ccn(C(=O)N2CCC3(CCCN3Cc3cc(C)cc(C4CCCC4)c3)CC2)n1. The Morgan fingerprint density at radius 3 is 2.48 bits per heavy atom. The first kappa shape index (κ1) is 22.3. The molecule has 0 unspecified atom stereocenters. The molecule has 1 amide bonds. The molecule has 1 saturated carbocycles. The lowest BCUT2D eigenvalue weighted by Gasteiger charge is -2.45. The smallest absolute Gasteiger partial charge is 0.323 e. The van der Waals surface area contributed by atoms with Crippen LogP contribution in [0.15, 0.2) is 30.5 Å². The van der Waals surface area contributed by atoms with Crippen molar-refractivity contribution in [2.45, 2.75) is 83.2 Å². The van der Waals surface area contributed by atoms with E-state index in [1.807, 2.05) is 4.90 Å². The summed E-state index contributed by atoms with van der Waals surface area (Å²) in [5, 5.41) is 4.16. The lowest BCUT2D eigenvalue weighted by molar-refractivity contribution is 0.0584. The fourth-order valence-electron chi connectivity index (χ4n) is 6.39. The Morgan fingerprint density at radius 2 is 1.79 bits per heavy atom. The van der Waals surface area contributed by atoms with Gasteiger partial charge in [0.15, 0.2) is 5.78 Å². The van der Waals surface area contributed by atoms with E-state index in [1.165, 1.54) is 61.3 Å². The zero-order valence-electron chi connectivity index (χ0n) is 20.1. The summed E-state index contributed by atoms with van der Waals surface area (Å²) in [4.78, 5) is 29.0. The van der Waals surface area contributed by atoms with Gasteiger partial charge in [-0.1, -0.05) is 36.6 Å². The van der Waals surface area contributed by atoms with Crippen LogP contribution in [0.5, 0.6) is 0 Å². The molecule has 176 valence electrons. The molecule has 3 fully saturated rings. The van der Waals surface area contributed by atoms with E-state index in [0.29, 0.717) is 5.69 Å². The Bertz CT molecular complexity index is 1030. The summed E-state index contributed by atoms with van der Waals surface area (Å²) in [6.07, 6.45) is 11.5. The topological polar surface area (TPSA) is 58.4 Å². The van der Waals surface area contributed by atoms with Gasteiger partial charge in [-0.2, -0.15) is 9.78 Å². The first-order chi connectivity index (χ1) is 15.9. The van der Waals surface area contributed by atoms with Crippen LogP contribution in [0.4, 0.5) is 4.79 Å². The second-order valence-electron chi connectivity index (χ2n) is 10.5. The molecule has 0 bridgehead atoms. The van der Waals surface area contributed by atoms with Gasteiger partial charge < -0.3 is 4.90 Å². The van der Waals surface area contributed by atoms with Crippen molar-refractivity contribution in [1.29, 1.82) is 0 Å². The molecule has 1 spiro atoms. The van der Waals surface area contributed by atoms with Crippen LogP contribution in [0, 0.1) is 6.92 Å². The molecule has 2 aromatic rings. The van der Waals surface area contributed by atoms with Gasteiger partial charge in [0.05, 0.1) is 0 Å². The minimum atomic E-state index is -0.123. The minimum absolute atomic E-state index is 0.118. The zero-order valence-corrected chi connectivity index (χ0v) is 20.1. The summed E-state index contributed by atoms with van der Waals surface area (Å²) < 4.78 is 1.32. The largest absolute Gasteiger partial charge is 0.344 e. The quantitative estimate of drug-likeness (QED) is 0.607. The van der Waals surface area contributed by atoms with Crippen LogP contribution in [-0.4, -0.2) is 56.6 Å². The molecule has 1 aromatic heterocycles. The Labute approximate surface area is 196 Å². The number of aromatic nitrogens is 2. The molecule has 3 aliphatic rings. The number of Topliss-reactive ketones (excluding diaryl/α,β-unsaturated/α-hetero) is 1. The number of hydrogen-bond donors (Lipinski definition) is 0. The van der Waals surface area contributed by atoms with Crippen molar-refractivity contribution in [3.05, 3.63) is 52.8 Å². The molecule has 0 atom stereocenters. The highest BCUT2D eigenvalue weighted by molar-refractivity contribution is 5.92. The first-order valence-electron chi connectivity index (χ1n) is 12.6. The number of benzene rings is 1. The van der Waals surface area contributed by atoms with Crippen LogP contribution >= 0.6 is 0 Å². The number of hydrogen-bond acceptors (Lipinski definition) is 4. The molecule has 2 aliphatic heterocycles. The lowest BCUT2D eigenvalue weighted by Crippen LogP contribution is -2.53. The number of amides is 1. The van der Waals surface area contributed by atoms with Gasteiger partial charge in [0, 0.05) is 38.3 Å². The third-order valence-electron chi connectivity index (χ3n) is 8.21. The van der Waals surface area contributed by atoms with Gasteiger partial charge in [-0.05, 0) is 75.1 Å². The number of ketones is 1. The van der Waals surface area contributed by atoms with Crippen LogP contribution in [-0.2, 0) is 6.54 Å². The fraction of sp³-hybridized carbons (Fsp3) is 0.593. The third-order valence-corrected chi connectivity index (χ3v) is 8.21. The normalized spacial score (nSPS) is 21.2. The monoisotopic (exact) mass is 448 g/mol. The Morgan fingerprint density at radius 1 is 1.03 bits per heavy atom. The maximum absolute atomic E-state index is 12.9. The summed E-state index contributed by atoms with van der Waals surface area (Å²) >= 11 is 0. The zero-order chi connectivity index (χ0) is 23.0. The van der Waals surface area contributed by atoms with Gasteiger partial charge in [0.1, 0.15) is 5.69 Å². The Hall–Kier alpha value is -2.47. The van der Waals surface area contributed by atoms with Gasteiger partial charge in [0.2, 0.25) is 0 Å². The summed E-state index contributed by atoms with van der Waals surface area (Å²) in [6, 6.07) is 8.73. The minimum Gasteiger partial charge on any atom is -0.323 e. The average molecular weight is 449 g/mol. The highest BCUT2D eigenvalue weighted by Crippen LogP contribution is 2.40. The summed E-state index contributed by atoms with van der Waals surface area (Å²) in [5.74, 6) is 0.629. The average Bonchev–Trinajstić information content (AvgIpc) is 3.56. The van der Waals surface area contributed by atoms with E-state index in [9.17, 15) is 9.59 Å². The van der Waals surface area contributed by atoms with Crippen molar-refractivity contribution in [1.82, 2.24) is 19.6 Å². The molecule has 0 radical (unpaired) electrons. The maximum Gasteiger partial charge on any atom is 0.344 e. The predicted octanol–water partition coefficient (Wildman–Crippen LogP) is 5.15. The van der Waals surface area contributed by atoms with Crippen molar-refractivity contribution >= 4 is 11.8 Å². The summed E-state index contributed by atoms with van der Waals surface area (Å²) in [7, 11) is 0. The van der Waals surface area contributed by atoms with E-state index in [4.69, 9.17) is 0 Å². The molecule has 2 saturated heterocycles. The highest BCUT2D eigenvalue weighted by Gasteiger charge is 2.43. The van der Waals surface area contributed by atoms with Crippen molar-refractivity contribution in [3.63, 3.8) is 0 Å². The van der Waals surface area contributed by atoms with Crippen molar-refractivity contribution in [2.24, 2.45) is 0 Å². The van der Waals surface area contributed by atoms with Gasteiger partial charge in [0.25, 0.3) is 0 Å². The van der Waals surface area contributed by atoms with E-state index in [1.54, 1.807) is 17.8 Å². The van der Waals surface area contributed by atoms with Crippen LogP contribution in [0.1, 0.15) is 91.4 Å².